The Balaban J connectivity index is 2.84. The van der Waals surface area contributed by atoms with E-state index in [0.29, 0.717) is 5.56 Å². The molecule has 1 aromatic rings. The second-order valence-corrected chi connectivity index (χ2v) is 4.95. The fraction of sp³-hybridized carbons (Fsp3) is 0.385. The lowest BCUT2D eigenvalue weighted by Gasteiger charge is -2.19. The molecule has 0 saturated carbocycles. The highest BCUT2D eigenvalue weighted by atomic mass is 32.1. The molecule has 1 amide bonds. The molecule has 1 rings (SSSR count). The Bertz CT molecular complexity index is 514. The van der Waals surface area contributed by atoms with Crippen molar-refractivity contribution in [2.75, 3.05) is 7.11 Å². The summed E-state index contributed by atoms with van der Waals surface area (Å²) < 4.78 is 4.65. The number of thiocarbonyl (C=S) groups is 1. The molecule has 0 saturated heterocycles. The van der Waals surface area contributed by atoms with Crippen LogP contribution in [-0.2, 0) is 9.53 Å². The van der Waals surface area contributed by atoms with Crippen LogP contribution in [0.25, 0.3) is 0 Å². The average Bonchev–Trinajstić information content (AvgIpc) is 2.43. The van der Waals surface area contributed by atoms with Gasteiger partial charge in [0, 0.05) is 11.8 Å². The van der Waals surface area contributed by atoms with Crippen LogP contribution < -0.4 is 11.1 Å². The van der Waals surface area contributed by atoms with Gasteiger partial charge in [0.25, 0.3) is 5.91 Å². The summed E-state index contributed by atoms with van der Waals surface area (Å²) in [4.78, 5) is 27.8. The maximum Gasteiger partial charge on any atom is 0.328 e. The van der Waals surface area contributed by atoms with Gasteiger partial charge in [0.2, 0.25) is 0 Å². The molecule has 0 fully saturated rings. The summed E-state index contributed by atoms with van der Waals surface area (Å²) in [6.45, 7) is 3.62. The highest BCUT2D eigenvalue weighted by Crippen LogP contribution is 2.06. The van der Waals surface area contributed by atoms with E-state index in [2.05, 4.69) is 15.0 Å². The van der Waals surface area contributed by atoms with Crippen LogP contribution in [0.3, 0.4) is 0 Å². The van der Waals surface area contributed by atoms with E-state index in [0.717, 1.165) is 0 Å². The molecule has 1 aromatic heterocycles. The minimum Gasteiger partial charge on any atom is -0.467 e. The Hall–Kier alpha value is -2.02. The Morgan fingerprint density at radius 2 is 2.05 bits per heavy atom. The van der Waals surface area contributed by atoms with Crippen LogP contribution >= 0.6 is 12.2 Å². The molecule has 0 bridgehead atoms. The maximum atomic E-state index is 12.0. The maximum absolute atomic E-state index is 12.0. The number of nitrogens with two attached hydrogens (primary N) is 1. The Labute approximate surface area is 122 Å². The van der Waals surface area contributed by atoms with E-state index in [1.165, 1.54) is 19.4 Å². The number of pyridine rings is 1. The smallest absolute Gasteiger partial charge is 0.328 e. The van der Waals surface area contributed by atoms with Crippen LogP contribution in [0.2, 0.25) is 0 Å². The zero-order chi connectivity index (χ0) is 15.3. The molecule has 0 radical (unpaired) electrons. The van der Waals surface area contributed by atoms with Crippen molar-refractivity contribution in [3.8, 4) is 0 Å². The van der Waals surface area contributed by atoms with Crippen LogP contribution in [0, 0.1) is 5.92 Å². The first-order valence-electron chi connectivity index (χ1n) is 6.01. The van der Waals surface area contributed by atoms with Crippen LogP contribution in [-0.4, -0.2) is 35.0 Å². The van der Waals surface area contributed by atoms with Gasteiger partial charge in [-0.05, 0) is 18.1 Å². The van der Waals surface area contributed by atoms with Gasteiger partial charge in [0.05, 0.1) is 7.11 Å². The van der Waals surface area contributed by atoms with Gasteiger partial charge in [0.15, 0.2) is 0 Å². The molecule has 1 heterocycles. The number of nitrogens with zero attached hydrogens (tertiary/aromatic N) is 1. The third kappa shape index (κ3) is 3.99. The van der Waals surface area contributed by atoms with Gasteiger partial charge in [-0.15, -0.1) is 0 Å². The predicted molar refractivity (Wildman–Crippen MR) is 78.2 cm³/mol. The lowest BCUT2D eigenvalue weighted by Crippen LogP contribution is -2.45. The summed E-state index contributed by atoms with van der Waals surface area (Å²) in [7, 11) is 1.28. The van der Waals surface area contributed by atoms with Crippen molar-refractivity contribution >= 4 is 29.1 Å². The number of esters is 1. The molecule has 0 aromatic carbocycles. The molecule has 3 N–H and O–H groups in total. The number of rotatable bonds is 5. The number of hydrogen-bond donors (Lipinski definition) is 2. The van der Waals surface area contributed by atoms with E-state index < -0.39 is 17.9 Å². The summed E-state index contributed by atoms with van der Waals surface area (Å²) in [6.07, 6.45) is 1.42. The van der Waals surface area contributed by atoms with Gasteiger partial charge < -0.3 is 15.8 Å². The van der Waals surface area contributed by atoms with Crippen LogP contribution in [0.5, 0.6) is 0 Å². The van der Waals surface area contributed by atoms with Gasteiger partial charge in [0.1, 0.15) is 16.7 Å². The van der Waals surface area contributed by atoms with E-state index in [1.54, 1.807) is 6.07 Å². The predicted octanol–water partition coefficient (Wildman–Crippen LogP) is 0.643. The second kappa shape index (κ2) is 6.95. The molecule has 6 nitrogen and oxygen atoms in total. The molecular formula is C13H17N3O3S. The number of carbonyl (C=O) groups is 2. The lowest BCUT2D eigenvalue weighted by molar-refractivity contribution is -0.144. The highest BCUT2D eigenvalue weighted by Gasteiger charge is 2.25. The van der Waals surface area contributed by atoms with Crippen molar-refractivity contribution in [1.29, 1.82) is 0 Å². The van der Waals surface area contributed by atoms with Crippen molar-refractivity contribution in [1.82, 2.24) is 10.3 Å². The van der Waals surface area contributed by atoms with Crippen LogP contribution in [0.1, 0.15) is 29.9 Å². The number of ether oxygens (including phenoxy) is 1. The summed E-state index contributed by atoms with van der Waals surface area (Å²) in [5.74, 6) is -1.04. The molecule has 20 heavy (non-hydrogen) atoms. The van der Waals surface area contributed by atoms with Crippen LogP contribution in [0.4, 0.5) is 0 Å². The van der Waals surface area contributed by atoms with Gasteiger partial charge in [-0.1, -0.05) is 26.1 Å². The third-order valence-electron chi connectivity index (χ3n) is 2.69. The normalized spacial score (nSPS) is 11.8. The largest absolute Gasteiger partial charge is 0.467 e. The number of carbonyl (C=O) groups excluding carboxylic acids is 2. The second-order valence-electron chi connectivity index (χ2n) is 4.51. The van der Waals surface area contributed by atoms with Gasteiger partial charge in [-0.3, -0.25) is 9.78 Å². The van der Waals surface area contributed by atoms with E-state index in [-0.39, 0.29) is 16.6 Å². The van der Waals surface area contributed by atoms with Crippen molar-refractivity contribution in [2.24, 2.45) is 11.7 Å². The first-order chi connectivity index (χ1) is 9.36. The minimum absolute atomic E-state index is 0.0951. The Kier molecular flexibility index (Phi) is 5.57. The zero-order valence-corrected chi connectivity index (χ0v) is 12.4. The Morgan fingerprint density at radius 3 is 2.45 bits per heavy atom. The SMILES string of the molecule is COC(=O)C(NC(=O)c1ccc(C(N)=S)cn1)C(C)C. The first-order valence-corrected chi connectivity index (χ1v) is 6.42. The molecule has 0 aliphatic rings. The molecule has 7 heteroatoms. The van der Waals surface area contributed by atoms with Crippen molar-refractivity contribution in [2.45, 2.75) is 19.9 Å². The number of hydrogen-bond acceptors (Lipinski definition) is 5. The van der Waals surface area contributed by atoms with Gasteiger partial charge in [-0.2, -0.15) is 0 Å². The quantitative estimate of drug-likeness (QED) is 0.611. The fourth-order valence-electron chi connectivity index (χ4n) is 1.51. The molecule has 0 spiro atoms. The van der Waals surface area contributed by atoms with Gasteiger partial charge >= 0.3 is 5.97 Å². The summed E-state index contributed by atoms with van der Waals surface area (Å²) in [5, 5.41) is 2.59. The van der Waals surface area contributed by atoms with E-state index in [9.17, 15) is 9.59 Å². The molecule has 0 aliphatic heterocycles. The summed E-state index contributed by atoms with van der Waals surface area (Å²) >= 11 is 4.80. The lowest BCUT2D eigenvalue weighted by atomic mass is 10.0. The number of aromatic nitrogens is 1. The number of methoxy groups -OCH3 is 1. The zero-order valence-electron chi connectivity index (χ0n) is 11.5. The van der Waals surface area contributed by atoms with Crippen LogP contribution in [0.15, 0.2) is 18.3 Å². The number of nitrogens with one attached hydrogen (secondary N) is 1. The summed E-state index contributed by atoms with van der Waals surface area (Å²) in [5.41, 5.74) is 6.20. The van der Waals surface area contributed by atoms with E-state index in [4.69, 9.17) is 18.0 Å². The molecule has 108 valence electrons. The van der Waals surface area contributed by atoms with E-state index >= 15 is 0 Å². The fourth-order valence-corrected chi connectivity index (χ4v) is 1.63. The Morgan fingerprint density at radius 1 is 1.40 bits per heavy atom. The van der Waals surface area contributed by atoms with E-state index in [1.807, 2.05) is 13.8 Å². The topological polar surface area (TPSA) is 94.3 Å². The summed E-state index contributed by atoms with van der Waals surface area (Å²) in [6, 6.07) is 2.38. The molecular weight excluding hydrogens is 278 g/mol. The monoisotopic (exact) mass is 295 g/mol. The number of amides is 1. The standard InChI is InChI=1S/C13H17N3O3S/c1-7(2)10(13(18)19-3)16-12(17)9-5-4-8(6-15-9)11(14)20/h4-7,10H,1-3H3,(H2,14,20)(H,16,17). The van der Waals surface area contributed by atoms with Crippen molar-refractivity contribution < 1.29 is 14.3 Å². The third-order valence-corrected chi connectivity index (χ3v) is 2.92. The van der Waals surface area contributed by atoms with Gasteiger partial charge in [-0.25, -0.2) is 4.79 Å². The molecule has 0 aliphatic carbocycles. The minimum atomic E-state index is -0.718. The molecule has 1 unspecified atom stereocenters. The van der Waals surface area contributed by atoms with Crippen molar-refractivity contribution in [3.63, 3.8) is 0 Å². The molecule has 1 atom stereocenters. The average molecular weight is 295 g/mol. The first kappa shape index (κ1) is 16.0. The highest BCUT2D eigenvalue weighted by molar-refractivity contribution is 7.80. The van der Waals surface area contributed by atoms with Crippen molar-refractivity contribution in [3.05, 3.63) is 29.6 Å².